The highest BCUT2D eigenvalue weighted by molar-refractivity contribution is 5.76. The third-order valence-electron chi connectivity index (χ3n) is 7.21. The molecule has 4 rings (SSSR count). The highest BCUT2D eigenvalue weighted by atomic mass is 16.5. The lowest BCUT2D eigenvalue weighted by Crippen LogP contribution is -2.24. The summed E-state index contributed by atoms with van der Waals surface area (Å²) in [5, 5.41) is 3.07. The predicted molar refractivity (Wildman–Crippen MR) is 156 cm³/mol. The zero-order chi connectivity index (χ0) is 26.6. The van der Waals surface area contributed by atoms with Gasteiger partial charge in [0.2, 0.25) is 5.91 Å². The number of ether oxygens (including phenoxy) is 1. The lowest BCUT2D eigenvalue weighted by molar-refractivity contribution is -0.121. The van der Waals surface area contributed by atoms with Gasteiger partial charge in [-0.2, -0.15) is 0 Å². The molecule has 5 nitrogen and oxygen atoms in total. The van der Waals surface area contributed by atoms with Crippen molar-refractivity contribution in [3.63, 3.8) is 0 Å². The van der Waals surface area contributed by atoms with Crippen molar-refractivity contribution in [2.75, 3.05) is 13.2 Å². The lowest BCUT2D eigenvalue weighted by atomic mass is 10.1. The molecule has 0 bridgehead atoms. The molecule has 0 unspecified atom stereocenters. The van der Waals surface area contributed by atoms with E-state index in [1.54, 1.807) is 0 Å². The zero-order valence-corrected chi connectivity index (χ0v) is 22.9. The monoisotopic (exact) mass is 511 g/mol. The van der Waals surface area contributed by atoms with E-state index in [1.165, 1.54) is 22.2 Å². The minimum Gasteiger partial charge on any atom is -0.493 e. The molecular formula is C33H41N3O2. The fourth-order valence-corrected chi connectivity index (χ4v) is 4.80. The number of nitrogens with one attached hydrogen (secondary N) is 1. The molecule has 0 fully saturated rings. The second-order valence-corrected chi connectivity index (χ2v) is 10.1. The Kier molecular flexibility index (Phi) is 10.4. The molecule has 0 radical (unpaired) electrons. The van der Waals surface area contributed by atoms with Crippen LogP contribution in [0.2, 0.25) is 0 Å². The van der Waals surface area contributed by atoms with Gasteiger partial charge in [-0.1, -0.05) is 61.0 Å². The van der Waals surface area contributed by atoms with Crippen molar-refractivity contribution in [2.45, 2.75) is 71.8 Å². The fourth-order valence-electron chi connectivity index (χ4n) is 4.80. The average molecular weight is 512 g/mol. The van der Waals surface area contributed by atoms with Crippen molar-refractivity contribution < 1.29 is 9.53 Å². The molecule has 0 aliphatic carbocycles. The normalized spacial score (nSPS) is 11.1. The van der Waals surface area contributed by atoms with Gasteiger partial charge >= 0.3 is 0 Å². The van der Waals surface area contributed by atoms with Crippen molar-refractivity contribution in [3.8, 4) is 5.75 Å². The van der Waals surface area contributed by atoms with Gasteiger partial charge in [0.1, 0.15) is 11.6 Å². The summed E-state index contributed by atoms with van der Waals surface area (Å²) in [7, 11) is 0. The van der Waals surface area contributed by atoms with Gasteiger partial charge in [0, 0.05) is 25.9 Å². The van der Waals surface area contributed by atoms with E-state index in [1.807, 2.05) is 18.2 Å². The molecule has 0 atom stereocenters. The van der Waals surface area contributed by atoms with Gasteiger partial charge in [0.25, 0.3) is 0 Å². The molecule has 38 heavy (non-hydrogen) atoms. The SMILES string of the molecule is Cc1cccc(OCCCCn2c(CCCCCNC(=O)CCc3ccccc3)nc3ccccc32)c1C. The van der Waals surface area contributed by atoms with Crippen LogP contribution >= 0.6 is 0 Å². The molecule has 5 heteroatoms. The molecule has 1 heterocycles. The molecule has 1 N–H and O–H groups in total. The second-order valence-electron chi connectivity index (χ2n) is 10.1. The van der Waals surface area contributed by atoms with E-state index in [2.05, 4.69) is 78.3 Å². The van der Waals surface area contributed by atoms with E-state index in [4.69, 9.17) is 9.72 Å². The van der Waals surface area contributed by atoms with E-state index >= 15 is 0 Å². The van der Waals surface area contributed by atoms with Gasteiger partial charge in [-0.15, -0.1) is 0 Å². The summed E-state index contributed by atoms with van der Waals surface area (Å²) in [6.45, 7) is 6.66. The second kappa shape index (κ2) is 14.4. The Hall–Kier alpha value is -3.60. The van der Waals surface area contributed by atoms with Gasteiger partial charge < -0.3 is 14.6 Å². The van der Waals surface area contributed by atoms with Crippen LogP contribution in [0.15, 0.2) is 72.8 Å². The van der Waals surface area contributed by atoms with Gasteiger partial charge in [-0.25, -0.2) is 4.98 Å². The molecule has 1 amide bonds. The predicted octanol–water partition coefficient (Wildman–Crippen LogP) is 6.97. The van der Waals surface area contributed by atoms with Crippen molar-refractivity contribution in [2.24, 2.45) is 0 Å². The standard InChI is InChI=1S/C33H41N3O2/c1-26-14-13-19-31(27(26)2)38-25-12-11-24-36-30-18-9-8-17-29(30)35-32(36)20-7-4-10-23-34-33(37)22-21-28-15-5-3-6-16-28/h3,5-6,8-9,13-19H,4,7,10-12,20-25H2,1-2H3,(H,34,37). The van der Waals surface area contributed by atoms with E-state index in [0.717, 1.165) is 81.7 Å². The summed E-state index contributed by atoms with van der Waals surface area (Å²) in [6, 6.07) is 24.8. The largest absolute Gasteiger partial charge is 0.493 e. The van der Waals surface area contributed by atoms with Crippen LogP contribution < -0.4 is 10.1 Å². The topological polar surface area (TPSA) is 56.1 Å². The maximum absolute atomic E-state index is 12.1. The third-order valence-corrected chi connectivity index (χ3v) is 7.21. The van der Waals surface area contributed by atoms with Crippen LogP contribution in [-0.4, -0.2) is 28.6 Å². The quantitative estimate of drug-likeness (QED) is 0.175. The van der Waals surface area contributed by atoms with Crippen molar-refractivity contribution in [1.29, 1.82) is 0 Å². The number of carbonyl (C=O) groups excluding carboxylic acids is 1. The van der Waals surface area contributed by atoms with Crippen LogP contribution in [-0.2, 0) is 24.2 Å². The average Bonchev–Trinajstić information content (AvgIpc) is 3.29. The molecule has 0 spiro atoms. The van der Waals surface area contributed by atoms with E-state index in [9.17, 15) is 4.79 Å². The van der Waals surface area contributed by atoms with Crippen LogP contribution in [0.5, 0.6) is 5.75 Å². The Labute approximate surface area is 227 Å². The first kappa shape index (κ1) is 27.4. The van der Waals surface area contributed by atoms with Crippen molar-refractivity contribution >= 4 is 16.9 Å². The molecule has 0 saturated carbocycles. The number of amides is 1. The number of unbranched alkanes of at least 4 members (excludes halogenated alkanes) is 3. The molecule has 0 aliphatic heterocycles. The van der Waals surface area contributed by atoms with Crippen LogP contribution in [0, 0.1) is 13.8 Å². The number of hydrogen-bond donors (Lipinski definition) is 1. The fraction of sp³-hybridized carbons (Fsp3) is 0.394. The number of nitrogens with zero attached hydrogens (tertiary/aromatic N) is 2. The highest BCUT2D eigenvalue weighted by Gasteiger charge is 2.10. The summed E-state index contributed by atoms with van der Waals surface area (Å²) in [4.78, 5) is 17.1. The maximum atomic E-state index is 12.1. The summed E-state index contributed by atoms with van der Waals surface area (Å²) in [6.07, 6.45) is 7.48. The maximum Gasteiger partial charge on any atom is 0.220 e. The highest BCUT2D eigenvalue weighted by Crippen LogP contribution is 2.22. The van der Waals surface area contributed by atoms with Crippen LogP contribution in [0.3, 0.4) is 0 Å². The Balaban J connectivity index is 1.18. The minimum absolute atomic E-state index is 0.136. The van der Waals surface area contributed by atoms with Gasteiger partial charge in [0.15, 0.2) is 0 Å². The number of rotatable bonds is 15. The molecule has 0 saturated heterocycles. The smallest absolute Gasteiger partial charge is 0.220 e. The zero-order valence-electron chi connectivity index (χ0n) is 22.9. The van der Waals surface area contributed by atoms with Gasteiger partial charge in [-0.05, 0) is 80.8 Å². The molecule has 0 aliphatic rings. The Bertz CT molecular complexity index is 1300. The first-order valence-electron chi connectivity index (χ1n) is 14.1. The summed E-state index contributed by atoms with van der Waals surface area (Å²) in [5.74, 6) is 2.29. The van der Waals surface area contributed by atoms with Crippen LogP contribution in [0.1, 0.15) is 61.0 Å². The number of para-hydroxylation sites is 2. The summed E-state index contributed by atoms with van der Waals surface area (Å²) >= 11 is 0. The van der Waals surface area contributed by atoms with Crippen LogP contribution in [0.4, 0.5) is 0 Å². The molecule has 200 valence electrons. The van der Waals surface area contributed by atoms with Crippen molar-refractivity contribution in [1.82, 2.24) is 14.9 Å². The third kappa shape index (κ3) is 7.95. The summed E-state index contributed by atoms with van der Waals surface area (Å²) in [5.41, 5.74) is 5.98. The molecule has 4 aromatic rings. The van der Waals surface area contributed by atoms with E-state index in [0.29, 0.717) is 6.42 Å². The van der Waals surface area contributed by atoms with Crippen LogP contribution in [0.25, 0.3) is 11.0 Å². The molecule has 1 aromatic heterocycles. The number of fused-ring (bicyclic) bond motifs is 1. The first-order valence-corrected chi connectivity index (χ1v) is 14.1. The summed E-state index contributed by atoms with van der Waals surface area (Å²) < 4.78 is 8.44. The minimum atomic E-state index is 0.136. The number of hydrogen-bond acceptors (Lipinski definition) is 3. The Morgan fingerprint density at radius 3 is 2.53 bits per heavy atom. The Morgan fingerprint density at radius 1 is 0.842 bits per heavy atom. The van der Waals surface area contributed by atoms with Gasteiger partial charge in [-0.3, -0.25) is 4.79 Å². The number of aromatic nitrogens is 2. The van der Waals surface area contributed by atoms with Gasteiger partial charge in [0.05, 0.1) is 17.6 Å². The van der Waals surface area contributed by atoms with E-state index in [-0.39, 0.29) is 5.91 Å². The number of benzene rings is 3. The number of imidazole rings is 1. The molecular weight excluding hydrogens is 470 g/mol. The number of carbonyl (C=O) groups is 1. The Morgan fingerprint density at radius 2 is 1.66 bits per heavy atom. The van der Waals surface area contributed by atoms with Crippen molar-refractivity contribution in [3.05, 3.63) is 95.3 Å². The van der Waals surface area contributed by atoms with E-state index < -0.39 is 0 Å². The number of aryl methyl sites for hydroxylation is 4. The molecule has 3 aromatic carbocycles. The lowest BCUT2D eigenvalue weighted by Gasteiger charge is -2.12. The first-order chi connectivity index (χ1) is 18.6.